The minimum Gasteiger partial charge on any atom is -0.506 e. The van der Waals surface area contributed by atoms with E-state index in [1.165, 1.54) is 12.8 Å². The van der Waals surface area contributed by atoms with E-state index in [0.717, 1.165) is 25.2 Å². The second kappa shape index (κ2) is 7.68. The highest BCUT2D eigenvalue weighted by atomic mass is 35.5. The largest absolute Gasteiger partial charge is 0.506 e. The highest BCUT2D eigenvalue weighted by molar-refractivity contribution is 6.35. The van der Waals surface area contributed by atoms with Crippen LogP contribution in [0.15, 0.2) is 12.1 Å². The van der Waals surface area contributed by atoms with Crippen LogP contribution in [0.5, 0.6) is 5.75 Å². The van der Waals surface area contributed by atoms with E-state index >= 15 is 0 Å². The summed E-state index contributed by atoms with van der Waals surface area (Å²) in [5, 5.41) is 14.5. The van der Waals surface area contributed by atoms with Crippen LogP contribution >= 0.6 is 23.2 Å². The molecule has 0 spiro atoms. The number of hydrogen-bond acceptors (Lipinski definition) is 3. The highest BCUT2D eigenvalue weighted by Crippen LogP contribution is 2.32. The molecule has 2 N–H and O–H groups in total. The van der Waals surface area contributed by atoms with Gasteiger partial charge < -0.3 is 10.4 Å². The van der Waals surface area contributed by atoms with Crippen LogP contribution in [0.1, 0.15) is 32.3 Å². The number of piperidine rings is 1. The number of rotatable bonds is 5. The van der Waals surface area contributed by atoms with Crippen molar-refractivity contribution in [3.8, 4) is 5.75 Å². The Kier molecular flexibility index (Phi) is 6.18. The van der Waals surface area contributed by atoms with E-state index < -0.39 is 0 Å². The number of halogens is 2. The fourth-order valence-electron chi connectivity index (χ4n) is 2.84. The van der Waals surface area contributed by atoms with Crippen molar-refractivity contribution in [2.75, 3.05) is 19.6 Å². The minimum absolute atomic E-state index is 0.156. The molecule has 0 saturated carbocycles. The molecule has 1 saturated heterocycles. The van der Waals surface area contributed by atoms with Gasteiger partial charge in [0.1, 0.15) is 5.75 Å². The molecule has 3 nitrogen and oxygen atoms in total. The summed E-state index contributed by atoms with van der Waals surface area (Å²) < 4.78 is 0. The molecular weight excluding hydrogens is 307 g/mol. The van der Waals surface area contributed by atoms with E-state index in [4.69, 9.17) is 23.2 Å². The van der Waals surface area contributed by atoms with Gasteiger partial charge in [0, 0.05) is 29.7 Å². The van der Waals surface area contributed by atoms with E-state index in [2.05, 4.69) is 24.1 Å². The predicted octanol–water partition coefficient (Wildman–Crippen LogP) is 3.91. The van der Waals surface area contributed by atoms with E-state index in [-0.39, 0.29) is 5.75 Å². The molecule has 1 fully saturated rings. The van der Waals surface area contributed by atoms with Crippen LogP contribution in [0.4, 0.5) is 0 Å². The summed E-state index contributed by atoms with van der Waals surface area (Å²) in [7, 11) is 0. The molecule has 0 amide bonds. The molecule has 0 bridgehead atoms. The lowest BCUT2D eigenvalue weighted by molar-refractivity contribution is 0.162. The first-order valence-corrected chi connectivity index (χ1v) is 8.34. The summed E-state index contributed by atoms with van der Waals surface area (Å²) in [5.74, 6) is 0.821. The first-order chi connectivity index (χ1) is 9.95. The second-order valence-corrected chi connectivity index (χ2v) is 7.05. The van der Waals surface area contributed by atoms with E-state index in [1.807, 2.05) is 0 Å². The number of nitrogens with zero attached hydrogens (tertiary/aromatic N) is 1. The third-order valence-corrected chi connectivity index (χ3v) is 4.43. The van der Waals surface area contributed by atoms with E-state index in [9.17, 15) is 5.11 Å². The third-order valence-electron chi connectivity index (χ3n) is 3.92. The maximum Gasteiger partial charge on any atom is 0.138 e. The molecule has 1 unspecified atom stereocenters. The Morgan fingerprint density at radius 3 is 2.86 bits per heavy atom. The summed E-state index contributed by atoms with van der Waals surface area (Å²) in [5.41, 5.74) is 0.810. The summed E-state index contributed by atoms with van der Waals surface area (Å²) in [6.45, 7) is 8.20. The molecule has 0 aromatic heterocycles. The van der Waals surface area contributed by atoms with Gasteiger partial charge in [0.05, 0.1) is 5.02 Å². The zero-order valence-electron chi connectivity index (χ0n) is 12.7. The van der Waals surface area contributed by atoms with Crippen LogP contribution in [0, 0.1) is 5.92 Å². The van der Waals surface area contributed by atoms with Gasteiger partial charge in [-0.1, -0.05) is 37.0 Å². The van der Waals surface area contributed by atoms with Crippen molar-refractivity contribution in [2.45, 2.75) is 39.3 Å². The molecule has 1 aliphatic heterocycles. The number of aromatic hydroxyl groups is 1. The lowest BCUT2D eigenvalue weighted by Gasteiger charge is -2.33. The van der Waals surface area contributed by atoms with E-state index in [1.54, 1.807) is 12.1 Å². The zero-order chi connectivity index (χ0) is 15.4. The van der Waals surface area contributed by atoms with Crippen molar-refractivity contribution >= 4 is 23.2 Å². The third kappa shape index (κ3) is 5.03. The van der Waals surface area contributed by atoms with Gasteiger partial charge in [-0.2, -0.15) is 0 Å². The van der Waals surface area contributed by atoms with Gasteiger partial charge in [-0.25, -0.2) is 0 Å². The lowest BCUT2D eigenvalue weighted by Crippen LogP contribution is -2.40. The first-order valence-electron chi connectivity index (χ1n) is 7.58. The molecule has 1 atom stereocenters. The van der Waals surface area contributed by atoms with Crippen LogP contribution in [0.2, 0.25) is 10.0 Å². The van der Waals surface area contributed by atoms with Crippen LogP contribution in [0.3, 0.4) is 0 Å². The number of hydrogen-bond donors (Lipinski definition) is 2. The Morgan fingerprint density at radius 2 is 2.14 bits per heavy atom. The Balaban J connectivity index is 1.96. The Labute approximate surface area is 137 Å². The Hall–Kier alpha value is -0.480. The zero-order valence-corrected chi connectivity index (χ0v) is 14.2. The van der Waals surface area contributed by atoms with Gasteiger partial charge >= 0.3 is 0 Å². The van der Waals surface area contributed by atoms with Crippen molar-refractivity contribution in [1.82, 2.24) is 10.2 Å². The summed E-state index contributed by atoms with van der Waals surface area (Å²) in [6.07, 6.45) is 2.46. The van der Waals surface area contributed by atoms with Gasteiger partial charge in [-0.3, -0.25) is 4.90 Å². The number of benzene rings is 1. The lowest BCUT2D eigenvalue weighted by atomic mass is 9.97. The molecule has 0 aliphatic carbocycles. The quantitative estimate of drug-likeness (QED) is 0.859. The van der Waals surface area contributed by atoms with Crippen LogP contribution < -0.4 is 5.32 Å². The van der Waals surface area contributed by atoms with Gasteiger partial charge in [0.25, 0.3) is 0 Å². The molecule has 0 radical (unpaired) electrons. The van der Waals surface area contributed by atoms with Gasteiger partial charge in [-0.05, 0) is 44.0 Å². The van der Waals surface area contributed by atoms with Crippen LogP contribution in [-0.2, 0) is 6.54 Å². The molecular formula is C16H24Cl2N2O. The van der Waals surface area contributed by atoms with Crippen LogP contribution in [-0.4, -0.2) is 35.7 Å². The molecule has 2 rings (SSSR count). The average Bonchev–Trinajstić information content (AvgIpc) is 2.42. The number of phenols is 1. The fraction of sp³-hybridized carbons (Fsp3) is 0.625. The molecule has 118 valence electrons. The summed E-state index contributed by atoms with van der Waals surface area (Å²) >= 11 is 12.0. The Morgan fingerprint density at radius 1 is 1.38 bits per heavy atom. The average molecular weight is 331 g/mol. The van der Waals surface area contributed by atoms with Gasteiger partial charge in [0.15, 0.2) is 0 Å². The Bertz CT molecular complexity index is 480. The van der Waals surface area contributed by atoms with Gasteiger partial charge in [-0.15, -0.1) is 0 Å². The van der Waals surface area contributed by atoms with Crippen molar-refractivity contribution < 1.29 is 5.11 Å². The van der Waals surface area contributed by atoms with Crippen LogP contribution in [0.25, 0.3) is 0 Å². The normalized spacial score (nSPS) is 20.1. The topological polar surface area (TPSA) is 35.5 Å². The summed E-state index contributed by atoms with van der Waals surface area (Å²) in [4.78, 5) is 2.37. The highest BCUT2D eigenvalue weighted by Gasteiger charge is 2.21. The SMILES string of the molecule is CC(C)NCC1CCCN(Cc2cc(Cl)cc(Cl)c2O)C1. The van der Waals surface area contributed by atoms with Crippen molar-refractivity contribution in [1.29, 1.82) is 0 Å². The molecule has 1 aromatic rings. The van der Waals surface area contributed by atoms with E-state index in [0.29, 0.717) is 28.5 Å². The molecule has 1 heterocycles. The van der Waals surface area contributed by atoms with Crippen molar-refractivity contribution in [3.63, 3.8) is 0 Å². The summed E-state index contributed by atoms with van der Waals surface area (Å²) in [6, 6.07) is 3.91. The first kappa shape index (κ1) is 16.9. The smallest absolute Gasteiger partial charge is 0.138 e. The van der Waals surface area contributed by atoms with Crippen molar-refractivity contribution in [3.05, 3.63) is 27.7 Å². The maximum atomic E-state index is 10.1. The second-order valence-electron chi connectivity index (χ2n) is 6.20. The molecule has 21 heavy (non-hydrogen) atoms. The standard InChI is InChI=1S/C16H24Cl2N2O/c1-11(2)19-8-12-4-3-5-20(9-12)10-13-6-14(17)7-15(18)16(13)21/h6-7,11-12,19,21H,3-5,8-10H2,1-2H3. The molecule has 5 heteroatoms. The molecule has 1 aliphatic rings. The fourth-order valence-corrected chi connectivity index (χ4v) is 3.38. The minimum atomic E-state index is 0.156. The number of phenolic OH excluding ortho intramolecular Hbond substituents is 1. The maximum absolute atomic E-state index is 10.1. The monoisotopic (exact) mass is 330 g/mol. The van der Waals surface area contributed by atoms with Gasteiger partial charge in [0.2, 0.25) is 0 Å². The molecule has 1 aromatic carbocycles. The predicted molar refractivity (Wildman–Crippen MR) is 89.3 cm³/mol. The number of nitrogens with one attached hydrogen (secondary N) is 1. The number of likely N-dealkylation sites (tertiary alicyclic amines) is 1. The van der Waals surface area contributed by atoms with Crippen molar-refractivity contribution in [2.24, 2.45) is 5.92 Å².